The Labute approximate surface area is 420 Å². The van der Waals surface area contributed by atoms with Gasteiger partial charge in [-0.15, -0.1) is 0 Å². The highest BCUT2D eigenvalue weighted by atomic mass is 16.7. The van der Waals surface area contributed by atoms with Crippen molar-refractivity contribution < 1.29 is 98.8 Å². The minimum atomic E-state index is -2.02. The zero-order chi connectivity index (χ0) is 53.9. The van der Waals surface area contributed by atoms with E-state index in [1.807, 2.05) is 0 Å². The average Bonchev–Trinajstić information content (AvgIpc) is 3.32. The third-order valence-electron chi connectivity index (χ3n) is 15.2. The van der Waals surface area contributed by atoms with E-state index in [1.54, 1.807) is 13.8 Å². The average molecular weight is 1030 g/mol. The molecule has 4 aromatic rings. The van der Waals surface area contributed by atoms with Gasteiger partial charge in [-0.05, 0) is 39.8 Å². The van der Waals surface area contributed by atoms with Crippen LogP contribution in [-0.2, 0) is 41.4 Å². The number of nitrogens with two attached hydrogens (primary N) is 2. The van der Waals surface area contributed by atoms with Gasteiger partial charge in [0.15, 0.2) is 35.7 Å². The van der Waals surface area contributed by atoms with Crippen molar-refractivity contribution in [3.8, 4) is 34.5 Å². The number of phenols is 6. The van der Waals surface area contributed by atoms with Crippen LogP contribution < -0.4 is 11.5 Å². The zero-order valence-electron chi connectivity index (χ0n) is 40.2. The summed E-state index contributed by atoms with van der Waals surface area (Å²) in [7, 11) is 0. The van der Waals surface area contributed by atoms with Crippen LogP contribution in [0.25, 0.3) is 0 Å². The number of carbonyl (C=O) groups is 6. The van der Waals surface area contributed by atoms with Gasteiger partial charge in [0.05, 0.1) is 70.0 Å². The smallest absolute Gasteiger partial charge is 0.202 e. The molecule has 74 heavy (non-hydrogen) atoms. The Balaban J connectivity index is 0.000000182. The number of aromatic hydroxyl groups is 6. The van der Waals surface area contributed by atoms with E-state index < -0.39 is 177 Å². The van der Waals surface area contributed by atoms with Gasteiger partial charge in [0.2, 0.25) is 11.6 Å². The molecule has 0 amide bonds. The van der Waals surface area contributed by atoms with Crippen LogP contribution >= 0.6 is 0 Å². The van der Waals surface area contributed by atoms with Crippen LogP contribution in [0.4, 0.5) is 0 Å². The van der Waals surface area contributed by atoms with Crippen molar-refractivity contribution in [2.24, 2.45) is 11.5 Å². The second kappa shape index (κ2) is 18.6. The number of ether oxygens (including phenoxy) is 4. The van der Waals surface area contributed by atoms with Crippen LogP contribution in [0.5, 0.6) is 34.5 Å². The maximum Gasteiger partial charge on any atom is 0.202 e. The van der Waals surface area contributed by atoms with Crippen molar-refractivity contribution in [2.45, 2.75) is 139 Å². The molecule has 12 atom stereocenters. The van der Waals surface area contributed by atoms with Crippen molar-refractivity contribution in [3.05, 3.63) is 103 Å². The fraction of sp³-hybridized carbons (Fsp3) is 0.423. The van der Waals surface area contributed by atoms with E-state index in [9.17, 15) is 79.8 Å². The molecule has 392 valence electrons. The van der Waals surface area contributed by atoms with Gasteiger partial charge in [-0.25, -0.2) is 0 Å². The Kier molecular flexibility index (Phi) is 13.1. The van der Waals surface area contributed by atoms with Gasteiger partial charge in [-0.3, -0.25) is 28.8 Å². The molecular weight excluding hydrogens is 973 g/mol. The van der Waals surface area contributed by atoms with Crippen LogP contribution in [0, 0.1) is 0 Å². The number of benzene rings is 4. The van der Waals surface area contributed by atoms with Gasteiger partial charge in [-0.1, -0.05) is 24.3 Å². The summed E-state index contributed by atoms with van der Waals surface area (Å²) in [5.74, 6) is -8.25. The van der Waals surface area contributed by atoms with Gasteiger partial charge in [-0.2, -0.15) is 0 Å². The van der Waals surface area contributed by atoms with Crippen LogP contribution in [0.1, 0.15) is 152 Å². The molecule has 0 radical (unpaired) electrons. The van der Waals surface area contributed by atoms with Crippen LogP contribution in [0.3, 0.4) is 0 Å². The van der Waals surface area contributed by atoms with Crippen molar-refractivity contribution in [2.75, 3.05) is 0 Å². The molecule has 2 saturated heterocycles. The van der Waals surface area contributed by atoms with E-state index in [0.717, 1.165) is 13.8 Å². The monoisotopic (exact) mass is 1030 g/mol. The lowest BCUT2D eigenvalue weighted by atomic mass is 9.72. The number of rotatable bonds is 6. The van der Waals surface area contributed by atoms with E-state index in [2.05, 4.69) is 0 Å². The fourth-order valence-corrected chi connectivity index (χ4v) is 11.0. The molecular formula is C52H54N2O20. The van der Waals surface area contributed by atoms with Crippen molar-refractivity contribution >= 4 is 34.7 Å². The summed E-state index contributed by atoms with van der Waals surface area (Å²) in [4.78, 5) is 78.3. The molecule has 10 rings (SSSR count). The molecule has 14 N–H and O–H groups in total. The van der Waals surface area contributed by atoms with E-state index in [-0.39, 0.29) is 70.2 Å². The van der Waals surface area contributed by atoms with Crippen LogP contribution in [-0.4, -0.2) is 146 Å². The quantitative estimate of drug-likeness (QED) is 0.105. The summed E-state index contributed by atoms with van der Waals surface area (Å²) < 4.78 is 23.4. The number of hydrogen-bond donors (Lipinski definition) is 12. The van der Waals surface area contributed by atoms with Gasteiger partial charge < -0.3 is 81.5 Å². The first kappa shape index (κ1) is 52.2. The third kappa shape index (κ3) is 8.21. The number of aliphatic hydroxyl groups is 4. The number of fused-ring (bicyclic) bond motifs is 6. The van der Waals surface area contributed by atoms with Crippen LogP contribution in [0.15, 0.2) is 36.4 Å². The van der Waals surface area contributed by atoms with Crippen molar-refractivity contribution in [1.29, 1.82) is 0 Å². The van der Waals surface area contributed by atoms with Crippen molar-refractivity contribution in [1.82, 2.24) is 0 Å². The number of aliphatic hydroxyl groups excluding tert-OH is 2. The predicted molar refractivity (Wildman–Crippen MR) is 251 cm³/mol. The van der Waals surface area contributed by atoms with E-state index >= 15 is 0 Å². The molecule has 0 spiro atoms. The summed E-state index contributed by atoms with van der Waals surface area (Å²) >= 11 is 0. The van der Waals surface area contributed by atoms with Crippen LogP contribution in [0.2, 0.25) is 0 Å². The lowest BCUT2D eigenvalue weighted by Crippen LogP contribution is -2.52. The lowest BCUT2D eigenvalue weighted by Gasteiger charge is -2.42. The fourth-order valence-electron chi connectivity index (χ4n) is 11.0. The molecule has 2 heterocycles. The predicted octanol–water partition coefficient (Wildman–Crippen LogP) is 1.45. The number of carbonyl (C=O) groups excluding carboxylic acids is 6. The van der Waals surface area contributed by atoms with E-state index in [1.165, 1.54) is 36.4 Å². The number of ketones is 6. The highest BCUT2D eigenvalue weighted by molar-refractivity contribution is 6.32. The summed E-state index contributed by atoms with van der Waals surface area (Å²) in [6, 6.07) is 6.40. The number of hydrogen-bond acceptors (Lipinski definition) is 22. The minimum Gasteiger partial charge on any atom is -0.507 e. The zero-order valence-corrected chi connectivity index (χ0v) is 40.2. The first-order chi connectivity index (χ1) is 34.7. The van der Waals surface area contributed by atoms with E-state index in [4.69, 9.17) is 30.4 Å². The van der Waals surface area contributed by atoms with Gasteiger partial charge in [0.25, 0.3) is 0 Å². The Bertz CT molecular complexity index is 2890. The minimum absolute atomic E-state index is 0.0478. The maximum absolute atomic E-state index is 13.4. The Morgan fingerprint density at radius 1 is 0.554 bits per heavy atom. The Hall–Kier alpha value is -6.70. The van der Waals surface area contributed by atoms with Gasteiger partial charge >= 0.3 is 0 Å². The van der Waals surface area contributed by atoms with Gasteiger partial charge in [0.1, 0.15) is 45.7 Å². The third-order valence-corrected chi connectivity index (χ3v) is 15.2. The second-order valence-corrected chi connectivity index (χ2v) is 19.9. The lowest BCUT2D eigenvalue weighted by molar-refractivity contribution is -0.247. The summed E-state index contributed by atoms with van der Waals surface area (Å²) in [5, 5.41) is 108. The first-order valence-electron chi connectivity index (χ1n) is 23.7. The number of phenolic OH excluding ortho intramolecular Hbond substituents is 6. The Morgan fingerprint density at radius 3 is 1.22 bits per heavy atom. The number of Topliss-reactive ketones (excluding diaryl/α,β-unsaturated/α-hetero) is 2. The topological polar surface area (TPSA) is 394 Å². The molecule has 22 nitrogen and oxygen atoms in total. The Morgan fingerprint density at radius 2 is 0.892 bits per heavy atom. The molecule has 22 heteroatoms. The molecule has 0 aromatic heterocycles. The van der Waals surface area contributed by atoms with Gasteiger partial charge in [0, 0.05) is 84.0 Å². The molecule has 4 aliphatic carbocycles. The SMILES string of the molecule is CC(=O)[C@]1(O)Cc2c(O)c3c(c(O)c2[C@@H](O[C@H]2C[C@H](N)[C@H](O)[C@H](C)O2)C1)C(=O)c1c(O)cccc1C3=O.CC(=O)[C@]1(O)Cc2c(O)c3c(c(O)c2[C@@H](O[C@H]2C[C@H](N)[C@H](O)[C@H](C)O2)C1)C(=O)c1c(O)cccc1C3=O. The van der Waals surface area contributed by atoms with E-state index in [0.29, 0.717) is 0 Å². The molecule has 6 aliphatic rings. The summed E-state index contributed by atoms with van der Waals surface area (Å²) in [6.07, 6.45) is -9.35. The van der Waals surface area contributed by atoms with Crippen molar-refractivity contribution in [3.63, 3.8) is 0 Å². The standard InChI is InChI=1S/2C26H27NO10/c2*1-9-21(30)13(27)6-16(36-9)37-15-8-26(35,10(2)28)7-12-18(15)25(34)20-19(23(12)32)22(31)11-4-3-5-14(29)17(11)24(20)33/h2*3-5,9,13,15-16,21,29-30,32,34-35H,6-8,27H2,1-2H3/t2*9-,13-,15-,16-,21+,26-/m00/s1. The first-order valence-corrected chi connectivity index (χ1v) is 23.7. The largest absolute Gasteiger partial charge is 0.507 e. The molecule has 0 unspecified atom stereocenters. The summed E-state index contributed by atoms with van der Waals surface area (Å²) in [5.41, 5.74) is 4.59. The molecule has 4 aromatic carbocycles. The highest BCUT2D eigenvalue weighted by Crippen LogP contribution is 2.54. The molecule has 0 bridgehead atoms. The highest BCUT2D eigenvalue weighted by Gasteiger charge is 2.52. The molecule has 2 fully saturated rings. The second-order valence-electron chi connectivity index (χ2n) is 19.9. The maximum atomic E-state index is 13.4. The summed E-state index contributed by atoms with van der Waals surface area (Å²) in [6.45, 7) is 5.51. The molecule has 2 aliphatic heterocycles. The molecule has 0 saturated carbocycles. The normalized spacial score (nSPS) is 30.9.